The average Bonchev–Trinajstić information content (AvgIpc) is 3.24. The summed E-state index contributed by atoms with van der Waals surface area (Å²) in [7, 11) is 0. The van der Waals surface area contributed by atoms with Crippen molar-refractivity contribution in [3.8, 4) is 0 Å². The number of nitrogens with one attached hydrogen (secondary N) is 1. The summed E-state index contributed by atoms with van der Waals surface area (Å²) < 4.78 is 0. The van der Waals surface area contributed by atoms with Crippen LogP contribution in [0.1, 0.15) is 32.6 Å². The molecule has 1 aromatic rings. The molecular weight excluding hydrogens is 374 g/mol. The van der Waals surface area contributed by atoms with Crippen LogP contribution >= 0.6 is 23.4 Å². The van der Waals surface area contributed by atoms with Gasteiger partial charge >= 0.3 is 0 Å². The number of halogens is 1. The van der Waals surface area contributed by atoms with Crippen molar-refractivity contribution in [3.63, 3.8) is 0 Å². The van der Waals surface area contributed by atoms with Gasteiger partial charge in [-0.15, -0.1) is 11.8 Å². The lowest BCUT2D eigenvalue weighted by molar-refractivity contribution is -0.135. The molecule has 0 unspecified atom stereocenters. The number of amides is 3. The second-order valence-corrected chi connectivity index (χ2v) is 8.98. The van der Waals surface area contributed by atoms with Crippen LogP contribution in [-0.2, 0) is 14.4 Å². The van der Waals surface area contributed by atoms with E-state index >= 15 is 0 Å². The lowest BCUT2D eigenvalue weighted by Gasteiger charge is -2.29. The van der Waals surface area contributed by atoms with Gasteiger partial charge in [0, 0.05) is 30.8 Å². The van der Waals surface area contributed by atoms with Crippen molar-refractivity contribution in [3.05, 3.63) is 23.2 Å². The predicted molar refractivity (Wildman–Crippen MR) is 102 cm³/mol. The minimum atomic E-state index is -0.460. The number of hydrogen-bond donors (Lipinski definition) is 1. The van der Waals surface area contributed by atoms with Gasteiger partial charge in [0.15, 0.2) is 0 Å². The number of rotatable bonds is 3. The molecule has 3 heterocycles. The standard InChI is InChI=1S/C18H20ClN3O3S/c1-18-7-6-16(24)22(18)14(10-26-18)17(25)20-11-4-5-13(12(19)9-11)21-8-2-3-15(21)23/h4-5,9,14H,2-3,6-8,10H2,1H3,(H,20,25)/t14-,18+/m1/s1. The highest BCUT2D eigenvalue weighted by Crippen LogP contribution is 2.47. The zero-order valence-corrected chi connectivity index (χ0v) is 16.0. The smallest absolute Gasteiger partial charge is 0.248 e. The Hall–Kier alpha value is -1.73. The molecule has 3 aliphatic heterocycles. The molecule has 0 aliphatic carbocycles. The van der Waals surface area contributed by atoms with Crippen LogP contribution in [0.3, 0.4) is 0 Å². The van der Waals surface area contributed by atoms with Gasteiger partial charge in [-0.25, -0.2) is 0 Å². The third kappa shape index (κ3) is 2.87. The van der Waals surface area contributed by atoms with Crippen LogP contribution in [0.5, 0.6) is 0 Å². The summed E-state index contributed by atoms with van der Waals surface area (Å²) in [5.41, 5.74) is 1.24. The van der Waals surface area contributed by atoms with Gasteiger partial charge in [-0.3, -0.25) is 14.4 Å². The summed E-state index contributed by atoms with van der Waals surface area (Å²) in [4.78, 5) is 39.9. The SMILES string of the molecule is C[C@]12CCC(=O)N1[C@@H](C(=O)Nc1ccc(N3CCCC3=O)c(Cl)c1)CS2. The second kappa shape index (κ2) is 6.46. The van der Waals surface area contributed by atoms with E-state index in [1.165, 1.54) is 0 Å². The average molecular weight is 394 g/mol. The highest BCUT2D eigenvalue weighted by molar-refractivity contribution is 8.01. The number of fused-ring (bicyclic) bond motifs is 1. The maximum atomic E-state index is 12.7. The van der Waals surface area contributed by atoms with Crippen LogP contribution < -0.4 is 10.2 Å². The van der Waals surface area contributed by atoms with E-state index in [-0.39, 0.29) is 22.6 Å². The molecule has 3 aliphatic rings. The number of thioether (sulfide) groups is 1. The monoisotopic (exact) mass is 393 g/mol. The van der Waals surface area contributed by atoms with Gasteiger partial charge in [-0.05, 0) is 38.0 Å². The lowest BCUT2D eigenvalue weighted by Crippen LogP contribution is -2.48. The zero-order chi connectivity index (χ0) is 18.5. The van der Waals surface area contributed by atoms with Gasteiger partial charge < -0.3 is 15.1 Å². The molecule has 138 valence electrons. The van der Waals surface area contributed by atoms with E-state index in [4.69, 9.17) is 11.6 Å². The molecule has 6 nitrogen and oxygen atoms in total. The lowest BCUT2D eigenvalue weighted by atomic mass is 10.2. The Bertz CT molecular complexity index is 802. The van der Waals surface area contributed by atoms with Crippen LogP contribution in [0.2, 0.25) is 5.02 Å². The first-order chi connectivity index (χ1) is 12.4. The molecule has 3 amide bonds. The van der Waals surface area contributed by atoms with E-state index in [9.17, 15) is 14.4 Å². The van der Waals surface area contributed by atoms with Crippen molar-refractivity contribution in [1.29, 1.82) is 0 Å². The molecule has 4 rings (SSSR count). The Morgan fingerprint density at radius 2 is 2.12 bits per heavy atom. The fraction of sp³-hybridized carbons (Fsp3) is 0.500. The van der Waals surface area contributed by atoms with E-state index in [1.807, 2.05) is 6.92 Å². The molecule has 3 fully saturated rings. The molecule has 2 atom stereocenters. The fourth-order valence-corrected chi connectivity index (χ4v) is 5.66. The Labute approximate surface area is 161 Å². The zero-order valence-electron chi connectivity index (χ0n) is 14.5. The molecule has 8 heteroatoms. The van der Waals surface area contributed by atoms with Crippen LogP contribution in [0.4, 0.5) is 11.4 Å². The molecule has 0 aromatic heterocycles. The predicted octanol–water partition coefficient (Wildman–Crippen LogP) is 2.86. The topological polar surface area (TPSA) is 69.7 Å². The quantitative estimate of drug-likeness (QED) is 0.857. The van der Waals surface area contributed by atoms with Crippen LogP contribution in [0.25, 0.3) is 0 Å². The Morgan fingerprint density at radius 3 is 2.81 bits per heavy atom. The second-order valence-electron chi connectivity index (χ2n) is 7.07. The summed E-state index contributed by atoms with van der Waals surface area (Å²) in [5.74, 6) is 0.511. The fourth-order valence-electron chi connectivity index (χ4n) is 3.95. The number of carbonyl (C=O) groups excluding carboxylic acids is 3. The Morgan fingerprint density at radius 1 is 1.31 bits per heavy atom. The van der Waals surface area contributed by atoms with E-state index in [0.29, 0.717) is 41.5 Å². The summed E-state index contributed by atoms with van der Waals surface area (Å²) in [6, 6.07) is 4.71. The minimum absolute atomic E-state index is 0.0403. The van der Waals surface area contributed by atoms with Crippen molar-refractivity contribution >= 4 is 52.5 Å². The number of nitrogens with zero attached hydrogens (tertiary/aromatic N) is 2. The molecule has 1 N–H and O–H groups in total. The molecule has 26 heavy (non-hydrogen) atoms. The van der Waals surface area contributed by atoms with E-state index in [1.54, 1.807) is 39.8 Å². The highest BCUT2D eigenvalue weighted by atomic mass is 35.5. The maximum absolute atomic E-state index is 12.7. The first-order valence-electron chi connectivity index (χ1n) is 8.76. The molecular formula is C18H20ClN3O3S. The summed E-state index contributed by atoms with van der Waals surface area (Å²) in [6.45, 7) is 2.69. The molecule has 0 bridgehead atoms. The van der Waals surface area contributed by atoms with E-state index in [2.05, 4.69) is 5.32 Å². The van der Waals surface area contributed by atoms with Gasteiger partial charge in [0.1, 0.15) is 6.04 Å². The largest absolute Gasteiger partial charge is 0.324 e. The Balaban J connectivity index is 1.49. The van der Waals surface area contributed by atoms with Crippen molar-refractivity contribution in [2.24, 2.45) is 0 Å². The molecule has 0 spiro atoms. The first kappa shape index (κ1) is 17.7. The van der Waals surface area contributed by atoms with Gasteiger partial charge in [0.2, 0.25) is 17.7 Å². The van der Waals surface area contributed by atoms with Gasteiger partial charge in [-0.1, -0.05) is 11.6 Å². The Kier molecular flexibility index (Phi) is 4.39. The van der Waals surface area contributed by atoms with Crippen LogP contribution in [-0.4, -0.2) is 45.8 Å². The van der Waals surface area contributed by atoms with Crippen molar-refractivity contribution in [1.82, 2.24) is 4.90 Å². The highest BCUT2D eigenvalue weighted by Gasteiger charge is 2.52. The van der Waals surface area contributed by atoms with Crippen molar-refractivity contribution in [2.75, 3.05) is 22.5 Å². The summed E-state index contributed by atoms with van der Waals surface area (Å²) in [5, 5.41) is 3.30. The minimum Gasteiger partial charge on any atom is -0.324 e. The van der Waals surface area contributed by atoms with Gasteiger partial charge in [-0.2, -0.15) is 0 Å². The van der Waals surface area contributed by atoms with E-state index in [0.717, 1.165) is 12.8 Å². The number of carbonyl (C=O) groups is 3. The van der Waals surface area contributed by atoms with Crippen LogP contribution in [0, 0.1) is 0 Å². The first-order valence-corrected chi connectivity index (χ1v) is 10.1. The molecule has 0 radical (unpaired) electrons. The molecule has 0 saturated carbocycles. The number of hydrogen-bond acceptors (Lipinski definition) is 4. The van der Waals surface area contributed by atoms with Gasteiger partial charge in [0.25, 0.3) is 0 Å². The molecule has 3 saturated heterocycles. The van der Waals surface area contributed by atoms with Gasteiger partial charge in [0.05, 0.1) is 15.6 Å². The van der Waals surface area contributed by atoms with E-state index < -0.39 is 6.04 Å². The van der Waals surface area contributed by atoms with Crippen molar-refractivity contribution in [2.45, 2.75) is 43.5 Å². The molecule has 1 aromatic carbocycles. The summed E-state index contributed by atoms with van der Waals surface area (Å²) >= 11 is 8.00. The van der Waals surface area contributed by atoms with Crippen molar-refractivity contribution < 1.29 is 14.4 Å². The maximum Gasteiger partial charge on any atom is 0.248 e. The number of benzene rings is 1. The summed E-state index contributed by atoms with van der Waals surface area (Å²) in [6.07, 6.45) is 2.65. The third-order valence-electron chi connectivity index (χ3n) is 5.33. The third-order valence-corrected chi connectivity index (χ3v) is 7.13. The van der Waals surface area contributed by atoms with Crippen LogP contribution in [0.15, 0.2) is 18.2 Å². The normalized spacial score (nSPS) is 28.0. The number of anilines is 2.